The van der Waals surface area contributed by atoms with E-state index >= 15 is 0 Å². The highest BCUT2D eigenvalue weighted by atomic mass is 16.3. The van der Waals surface area contributed by atoms with Gasteiger partial charge in [-0.25, -0.2) is 0 Å². The molecule has 0 saturated heterocycles. The van der Waals surface area contributed by atoms with Gasteiger partial charge in [0.25, 0.3) is 0 Å². The van der Waals surface area contributed by atoms with Crippen LogP contribution in [0.1, 0.15) is 0 Å². The molecule has 0 bridgehead atoms. The predicted molar refractivity (Wildman–Crippen MR) is 235 cm³/mol. The lowest BCUT2D eigenvalue weighted by atomic mass is 9.98. The van der Waals surface area contributed by atoms with E-state index in [-0.39, 0.29) is 0 Å². The van der Waals surface area contributed by atoms with Crippen molar-refractivity contribution in [1.29, 1.82) is 0 Å². The van der Waals surface area contributed by atoms with Crippen LogP contribution in [0.3, 0.4) is 0 Å². The summed E-state index contributed by atoms with van der Waals surface area (Å²) in [5.41, 5.74) is 17.1. The molecular weight excluding hydrogens is 679 g/mol. The maximum Gasteiger partial charge on any atom is 0.143 e. The van der Waals surface area contributed by atoms with Crippen molar-refractivity contribution in [3.8, 4) is 61.3 Å². The molecule has 56 heavy (non-hydrogen) atoms. The number of nitrogens with zero attached hydrogens (tertiary/aromatic N) is 1. The molecule has 0 unspecified atom stereocenters. The van der Waals surface area contributed by atoms with Crippen LogP contribution in [0, 0.1) is 0 Å². The van der Waals surface area contributed by atoms with E-state index in [4.69, 9.17) is 4.42 Å². The average molecular weight is 714 g/mol. The molecule has 2 aromatic heterocycles. The topological polar surface area (TPSA) is 18.1 Å². The molecule has 11 rings (SSSR count). The van der Waals surface area contributed by atoms with Gasteiger partial charge < -0.3 is 8.98 Å². The Bertz CT molecular complexity index is 3090. The van der Waals surface area contributed by atoms with E-state index in [2.05, 4.69) is 211 Å². The van der Waals surface area contributed by atoms with Gasteiger partial charge in [-0.05, 0) is 80.9 Å². The molecule has 0 N–H and O–H groups in total. The highest BCUT2D eigenvalue weighted by Gasteiger charge is 2.17. The molecule has 0 fully saturated rings. The molecule has 9 aromatic carbocycles. The summed E-state index contributed by atoms with van der Waals surface area (Å²) in [5.74, 6) is 0. The predicted octanol–water partition coefficient (Wildman–Crippen LogP) is 15.0. The lowest BCUT2D eigenvalue weighted by Gasteiger charge is -2.11. The summed E-state index contributed by atoms with van der Waals surface area (Å²) in [6, 6.07) is 76.2. The van der Waals surface area contributed by atoms with Crippen molar-refractivity contribution in [2.45, 2.75) is 0 Å². The fraction of sp³-hybridized carbons (Fsp3) is 0. The molecule has 0 aliphatic carbocycles. The molecule has 2 nitrogen and oxygen atoms in total. The van der Waals surface area contributed by atoms with Crippen LogP contribution in [0.15, 0.2) is 217 Å². The highest BCUT2D eigenvalue weighted by Crippen LogP contribution is 2.41. The van der Waals surface area contributed by atoms with Crippen LogP contribution in [0.25, 0.3) is 105 Å². The highest BCUT2D eigenvalue weighted by molar-refractivity contribution is 6.13. The van der Waals surface area contributed by atoms with Crippen LogP contribution in [-0.4, -0.2) is 4.57 Å². The lowest BCUT2D eigenvalue weighted by Crippen LogP contribution is -1.94. The van der Waals surface area contributed by atoms with Crippen molar-refractivity contribution in [3.63, 3.8) is 0 Å². The summed E-state index contributed by atoms with van der Waals surface area (Å²) in [6.07, 6.45) is 0. The summed E-state index contributed by atoms with van der Waals surface area (Å²) in [6.45, 7) is 0. The van der Waals surface area contributed by atoms with Gasteiger partial charge in [0.05, 0.1) is 11.0 Å². The van der Waals surface area contributed by atoms with Gasteiger partial charge in [0.2, 0.25) is 0 Å². The summed E-state index contributed by atoms with van der Waals surface area (Å²) in [5, 5.41) is 4.76. The van der Waals surface area contributed by atoms with Gasteiger partial charge in [-0.3, -0.25) is 0 Å². The third kappa shape index (κ3) is 5.34. The van der Waals surface area contributed by atoms with Crippen molar-refractivity contribution in [2.75, 3.05) is 0 Å². The zero-order valence-corrected chi connectivity index (χ0v) is 30.6. The number of benzene rings is 9. The lowest BCUT2D eigenvalue weighted by molar-refractivity contribution is 0.671. The summed E-state index contributed by atoms with van der Waals surface area (Å²) in [7, 11) is 0. The maximum atomic E-state index is 6.70. The van der Waals surface area contributed by atoms with Crippen LogP contribution >= 0.6 is 0 Å². The second-order valence-electron chi connectivity index (χ2n) is 14.5. The second-order valence-corrected chi connectivity index (χ2v) is 14.5. The smallest absolute Gasteiger partial charge is 0.143 e. The van der Waals surface area contributed by atoms with Crippen LogP contribution < -0.4 is 0 Å². The minimum absolute atomic E-state index is 0.918. The van der Waals surface area contributed by atoms with Crippen LogP contribution in [-0.2, 0) is 0 Å². The van der Waals surface area contributed by atoms with Gasteiger partial charge in [-0.1, -0.05) is 176 Å². The molecule has 0 atom stereocenters. The van der Waals surface area contributed by atoms with Crippen molar-refractivity contribution in [3.05, 3.63) is 212 Å². The molecular formula is C54H35NO. The summed E-state index contributed by atoms with van der Waals surface area (Å²) in [4.78, 5) is 0. The van der Waals surface area contributed by atoms with Crippen LogP contribution in [0.2, 0.25) is 0 Å². The molecule has 262 valence electrons. The van der Waals surface area contributed by atoms with E-state index in [0.717, 1.165) is 49.9 Å². The first-order valence-corrected chi connectivity index (χ1v) is 19.2. The summed E-state index contributed by atoms with van der Waals surface area (Å²) >= 11 is 0. The second kappa shape index (κ2) is 13.2. The number of aromatic nitrogens is 1. The number of furan rings is 1. The van der Waals surface area contributed by atoms with Crippen molar-refractivity contribution < 1.29 is 4.42 Å². The minimum Gasteiger partial charge on any atom is -0.455 e. The zero-order chi connectivity index (χ0) is 37.0. The van der Waals surface area contributed by atoms with E-state index in [0.29, 0.717) is 0 Å². The number of hydrogen-bond acceptors (Lipinski definition) is 1. The standard InChI is InChI=1S/C54H35NO/c1-4-12-36(13-5-1)42-28-32-51-49(34-42)50-35-43(37-14-6-2-7-15-37)29-33-52(50)55(51)44-30-26-39(27-31-44)38-22-24-41(25-23-38)46-19-11-21-48-47-20-10-18-45(53(47)56-54(46)48)40-16-8-3-9-17-40/h1-35H. The van der Waals surface area contributed by atoms with Gasteiger partial charge >= 0.3 is 0 Å². The molecule has 0 radical (unpaired) electrons. The van der Waals surface area contributed by atoms with Crippen molar-refractivity contribution in [2.24, 2.45) is 0 Å². The Labute approximate surface area is 325 Å². The Morgan fingerprint density at radius 3 is 1.12 bits per heavy atom. The normalized spacial score (nSPS) is 11.6. The van der Waals surface area contributed by atoms with Gasteiger partial charge in [-0.15, -0.1) is 0 Å². The maximum absolute atomic E-state index is 6.70. The monoisotopic (exact) mass is 713 g/mol. The van der Waals surface area contributed by atoms with Crippen molar-refractivity contribution in [1.82, 2.24) is 4.57 Å². The third-order valence-electron chi connectivity index (χ3n) is 11.2. The van der Waals surface area contributed by atoms with Crippen LogP contribution in [0.4, 0.5) is 0 Å². The van der Waals surface area contributed by atoms with Gasteiger partial charge in [0, 0.05) is 38.4 Å². The third-order valence-corrected chi connectivity index (χ3v) is 11.2. The zero-order valence-electron chi connectivity index (χ0n) is 30.6. The van der Waals surface area contributed by atoms with Crippen LogP contribution in [0.5, 0.6) is 0 Å². The van der Waals surface area contributed by atoms with Gasteiger partial charge in [0.1, 0.15) is 11.2 Å². The quantitative estimate of drug-likeness (QED) is 0.168. The number of para-hydroxylation sites is 2. The number of hydrogen-bond donors (Lipinski definition) is 0. The SMILES string of the molecule is c1ccc(-c2ccc3c(c2)c2cc(-c4ccccc4)ccc2n3-c2ccc(-c3ccc(-c4cccc5c4oc4c(-c6ccccc6)cccc45)cc3)cc2)cc1. The Morgan fingerprint density at radius 2 is 0.643 bits per heavy atom. The molecule has 0 aliphatic heterocycles. The molecule has 0 aliphatic rings. The van der Waals surface area contributed by atoms with Gasteiger partial charge in [-0.2, -0.15) is 0 Å². The van der Waals surface area contributed by atoms with E-state index in [9.17, 15) is 0 Å². The van der Waals surface area contributed by atoms with E-state index in [1.165, 1.54) is 55.2 Å². The van der Waals surface area contributed by atoms with E-state index in [1.807, 2.05) is 6.07 Å². The fourth-order valence-corrected chi connectivity index (χ4v) is 8.46. The Morgan fingerprint density at radius 1 is 0.268 bits per heavy atom. The van der Waals surface area contributed by atoms with Crippen molar-refractivity contribution >= 4 is 43.7 Å². The number of fused-ring (bicyclic) bond motifs is 6. The first kappa shape index (κ1) is 32.0. The first-order chi connectivity index (χ1) is 27.8. The van der Waals surface area contributed by atoms with E-state index in [1.54, 1.807) is 0 Å². The minimum atomic E-state index is 0.918. The first-order valence-electron chi connectivity index (χ1n) is 19.2. The Hall–Kier alpha value is -7.42. The summed E-state index contributed by atoms with van der Waals surface area (Å²) < 4.78 is 9.10. The number of rotatable bonds is 6. The molecule has 11 aromatic rings. The van der Waals surface area contributed by atoms with Gasteiger partial charge in [0.15, 0.2) is 0 Å². The average Bonchev–Trinajstić information content (AvgIpc) is 3.83. The Balaban J connectivity index is 0.961. The molecule has 0 saturated carbocycles. The van der Waals surface area contributed by atoms with E-state index < -0.39 is 0 Å². The molecule has 2 heteroatoms. The largest absolute Gasteiger partial charge is 0.455 e. The Kier molecular flexibility index (Phi) is 7.53. The molecule has 0 spiro atoms. The molecule has 2 heterocycles. The molecule has 0 amide bonds. The fourth-order valence-electron chi connectivity index (χ4n) is 8.46.